The van der Waals surface area contributed by atoms with Crippen molar-refractivity contribution in [1.82, 2.24) is 15.5 Å². The number of likely N-dealkylation sites (tertiary alicyclic amines) is 1. The number of urea groups is 1. The smallest absolute Gasteiger partial charge is 0.338 e. The molecule has 10 nitrogen and oxygen atoms in total. The van der Waals surface area contributed by atoms with Gasteiger partial charge in [0.1, 0.15) is 0 Å². The van der Waals surface area contributed by atoms with Gasteiger partial charge in [0.2, 0.25) is 0 Å². The third-order valence-corrected chi connectivity index (χ3v) is 6.06. The van der Waals surface area contributed by atoms with Crippen molar-refractivity contribution in [2.75, 3.05) is 46.6 Å². The average Bonchev–Trinajstić information content (AvgIpc) is 2.84. The van der Waals surface area contributed by atoms with E-state index in [1.54, 1.807) is 32.0 Å². The van der Waals surface area contributed by atoms with Crippen LogP contribution in [0.5, 0.6) is 11.5 Å². The minimum absolute atomic E-state index is 0.128. The van der Waals surface area contributed by atoms with Gasteiger partial charge in [-0.25, -0.2) is 9.59 Å². The summed E-state index contributed by atoms with van der Waals surface area (Å²) in [5.74, 6) is 0.275. The maximum absolute atomic E-state index is 13.1. The molecule has 2 aliphatic heterocycles. The minimum Gasteiger partial charge on any atom is -0.493 e. The largest absolute Gasteiger partial charge is 0.493 e. The topological polar surface area (TPSA) is 115 Å². The molecule has 0 spiro atoms. The molecule has 2 N–H and O–H groups in total. The van der Waals surface area contributed by atoms with E-state index in [1.807, 2.05) is 6.92 Å². The van der Waals surface area contributed by atoms with Crippen LogP contribution in [0.15, 0.2) is 29.5 Å². The molecule has 1 aromatic carbocycles. The molecule has 2 heterocycles. The highest BCUT2D eigenvalue weighted by Crippen LogP contribution is 2.35. The summed E-state index contributed by atoms with van der Waals surface area (Å²) in [6.45, 7) is 8.10. The van der Waals surface area contributed by atoms with Crippen molar-refractivity contribution in [1.29, 1.82) is 0 Å². The quantitative estimate of drug-likeness (QED) is 0.482. The van der Waals surface area contributed by atoms with Crippen molar-refractivity contribution in [3.05, 3.63) is 35.0 Å². The van der Waals surface area contributed by atoms with Crippen LogP contribution in [-0.2, 0) is 19.1 Å². The average molecular weight is 490 g/mol. The van der Waals surface area contributed by atoms with Gasteiger partial charge in [-0.3, -0.25) is 9.69 Å². The summed E-state index contributed by atoms with van der Waals surface area (Å²) in [4.78, 5) is 39.9. The fourth-order valence-corrected chi connectivity index (χ4v) is 4.39. The Hall–Kier alpha value is -3.27. The van der Waals surface area contributed by atoms with Crippen LogP contribution in [-0.4, -0.2) is 69.4 Å². The number of carbonyl (C=O) groups is 3. The number of benzene rings is 1. The summed E-state index contributed by atoms with van der Waals surface area (Å²) in [5, 5.41) is 5.65. The molecule has 1 fully saturated rings. The highest BCUT2D eigenvalue weighted by Gasteiger charge is 2.35. The molecule has 2 amide bonds. The summed E-state index contributed by atoms with van der Waals surface area (Å²) in [7, 11) is 1.54. The molecule has 0 bridgehead atoms. The number of piperidine rings is 1. The van der Waals surface area contributed by atoms with Gasteiger partial charge in [0.25, 0.3) is 0 Å². The maximum atomic E-state index is 13.1. The minimum atomic E-state index is -0.723. The summed E-state index contributed by atoms with van der Waals surface area (Å²) >= 11 is 0. The van der Waals surface area contributed by atoms with Crippen LogP contribution >= 0.6 is 0 Å². The SMILES string of the molecule is CCOC(=O)C1=C(CN2CCC(C(=O)OCC)CC2)NC(=O)N[C@H]1c1ccc(OCC)c(OC)c1. The fraction of sp³-hybridized carbons (Fsp3) is 0.560. The molecule has 0 unspecified atom stereocenters. The predicted octanol–water partition coefficient (Wildman–Crippen LogP) is 2.54. The standard InChI is InChI=1S/C25H35N3O7/c1-5-33-19-9-8-17(14-20(19)32-4)22-21(24(30)35-7-3)18(26-25(31)27-22)15-28-12-10-16(11-13-28)23(29)34-6-2/h8-9,14,16,22H,5-7,10-13,15H2,1-4H3,(H2,26,27,31)/t22-/m0/s1. The van der Waals surface area contributed by atoms with Gasteiger partial charge in [-0.2, -0.15) is 0 Å². The first-order chi connectivity index (χ1) is 16.9. The lowest BCUT2D eigenvalue weighted by atomic mass is 9.93. The van der Waals surface area contributed by atoms with E-state index < -0.39 is 18.0 Å². The summed E-state index contributed by atoms with van der Waals surface area (Å²) in [6, 6.07) is 4.18. The van der Waals surface area contributed by atoms with Gasteiger partial charge in [-0.05, 0) is 64.4 Å². The second-order valence-corrected chi connectivity index (χ2v) is 8.29. The number of nitrogens with one attached hydrogen (secondary N) is 2. The van der Waals surface area contributed by atoms with Gasteiger partial charge in [0.15, 0.2) is 11.5 Å². The number of hydrogen-bond donors (Lipinski definition) is 2. The second-order valence-electron chi connectivity index (χ2n) is 8.29. The Morgan fingerprint density at radius 2 is 1.74 bits per heavy atom. The molecule has 0 aromatic heterocycles. The molecule has 1 saturated heterocycles. The molecular weight excluding hydrogens is 454 g/mol. The molecule has 1 atom stereocenters. The van der Waals surface area contributed by atoms with Crippen LogP contribution in [0.1, 0.15) is 45.2 Å². The Labute approximate surface area is 205 Å². The zero-order valence-electron chi connectivity index (χ0n) is 20.8. The van der Waals surface area contributed by atoms with Crippen molar-refractivity contribution >= 4 is 18.0 Å². The first-order valence-corrected chi connectivity index (χ1v) is 12.1. The zero-order valence-corrected chi connectivity index (χ0v) is 20.8. The van der Waals surface area contributed by atoms with E-state index in [0.29, 0.717) is 74.0 Å². The summed E-state index contributed by atoms with van der Waals surface area (Å²) < 4.78 is 21.6. The number of nitrogens with zero attached hydrogens (tertiary/aromatic N) is 1. The summed E-state index contributed by atoms with van der Waals surface area (Å²) in [5.41, 5.74) is 1.49. The van der Waals surface area contributed by atoms with Gasteiger partial charge < -0.3 is 29.6 Å². The lowest BCUT2D eigenvalue weighted by Gasteiger charge is -2.35. The van der Waals surface area contributed by atoms with Crippen LogP contribution in [0, 0.1) is 5.92 Å². The van der Waals surface area contributed by atoms with Crippen LogP contribution in [0.4, 0.5) is 4.79 Å². The molecule has 192 valence electrons. The first kappa shape index (κ1) is 26.3. The molecular formula is C25H35N3O7. The maximum Gasteiger partial charge on any atom is 0.338 e. The number of ether oxygens (including phenoxy) is 4. The van der Waals surface area contributed by atoms with Gasteiger partial charge in [0, 0.05) is 12.2 Å². The molecule has 0 aliphatic carbocycles. The molecule has 2 aliphatic rings. The molecule has 0 saturated carbocycles. The Balaban J connectivity index is 1.89. The number of hydrogen-bond acceptors (Lipinski definition) is 8. The van der Waals surface area contributed by atoms with Crippen molar-refractivity contribution in [2.24, 2.45) is 5.92 Å². The van der Waals surface area contributed by atoms with Gasteiger partial charge >= 0.3 is 18.0 Å². The number of rotatable bonds is 10. The number of methoxy groups -OCH3 is 1. The highest BCUT2D eigenvalue weighted by atomic mass is 16.5. The van der Waals surface area contributed by atoms with Crippen molar-refractivity contribution < 1.29 is 33.3 Å². The summed E-state index contributed by atoms with van der Waals surface area (Å²) in [6.07, 6.45) is 1.32. The molecule has 35 heavy (non-hydrogen) atoms. The van der Waals surface area contributed by atoms with E-state index in [1.165, 1.54) is 7.11 Å². The van der Waals surface area contributed by atoms with Crippen molar-refractivity contribution in [2.45, 2.75) is 39.7 Å². The normalized spacial score (nSPS) is 19.0. The first-order valence-electron chi connectivity index (χ1n) is 12.1. The monoisotopic (exact) mass is 489 g/mol. The Morgan fingerprint density at radius 3 is 2.37 bits per heavy atom. The van der Waals surface area contributed by atoms with E-state index >= 15 is 0 Å². The van der Waals surface area contributed by atoms with Gasteiger partial charge in [-0.1, -0.05) is 6.07 Å². The van der Waals surface area contributed by atoms with Crippen LogP contribution < -0.4 is 20.1 Å². The lowest BCUT2D eigenvalue weighted by Crippen LogP contribution is -2.49. The van der Waals surface area contributed by atoms with Crippen molar-refractivity contribution in [3.63, 3.8) is 0 Å². The number of esters is 2. The fourth-order valence-electron chi connectivity index (χ4n) is 4.39. The highest BCUT2D eigenvalue weighted by molar-refractivity contribution is 5.95. The third kappa shape index (κ3) is 6.45. The van der Waals surface area contributed by atoms with E-state index in [0.717, 1.165) is 0 Å². The van der Waals surface area contributed by atoms with Gasteiger partial charge in [0.05, 0.1) is 44.5 Å². The second kappa shape index (κ2) is 12.4. The zero-order chi connectivity index (χ0) is 25.4. The van der Waals surface area contributed by atoms with E-state index in [4.69, 9.17) is 18.9 Å². The van der Waals surface area contributed by atoms with E-state index in [-0.39, 0.29) is 18.5 Å². The van der Waals surface area contributed by atoms with Crippen molar-refractivity contribution in [3.8, 4) is 11.5 Å². The Morgan fingerprint density at radius 1 is 1.03 bits per heavy atom. The van der Waals surface area contributed by atoms with Gasteiger partial charge in [-0.15, -0.1) is 0 Å². The molecule has 1 aromatic rings. The number of carbonyl (C=O) groups excluding carboxylic acids is 3. The van der Waals surface area contributed by atoms with E-state index in [9.17, 15) is 14.4 Å². The van der Waals surface area contributed by atoms with Crippen LogP contribution in [0.3, 0.4) is 0 Å². The predicted molar refractivity (Wildman–Crippen MR) is 128 cm³/mol. The van der Waals surface area contributed by atoms with Crippen LogP contribution in [0.25, 0.3) is 0 Å². The molecule has 10 heteroatoms. The Kier molecular flexibility index (Phi) is 9.36. The molecule has 0 radical (unpaired) electrons. The number of amides is 2. The third-order valence-electron chi connectivity index (χ3n) is 6.06. The Bertz CT molecular complexity index is 954. The molecule has 3 rings (SSSR count). The van der Waals surface area contributed by atoms with Crippen LogP contribution in [0.2, 0.25) is 0 Å². The lowest BCUT2D eigenvalue weighted by molar-refractivity contribution is -0.149. The van der Waals surface area contributed by atoms with E-state index in [2.05, 4.69) is 15.5 Å².